The van der Waals surface area contributed by atoms with E-state index in [1.165, 1.54) is 5.56 Å². The molecule has 3 aromatic carbocycles. The SMILES string of the molecule is O=C(CSCc1ccccc1Br)NN=Cc1ccccc1OCc1ccccc1. The predicted octanol–water partition coefficient (Wildman–Crippen LogP) is 5.41. The average molecular weight is 469 g/mol. The van der Waals surface area contributed by atoms with Gasteiger partial charge >= 0.3 is 0 Å². The van der Waals surface area contributed by atoms with Gasteiger partial charge in [-0.3, -0.25) is 4.79 Å². The molecule has 0 aromatic heterocycles. The fourth-order valence-corrected chi connectivity index (χ4v) is 3.96. The zero-order valence-electron chi connectivity index (χ0n) is 15.8. The number of halogens is 1. The number of thioether (sulfide) groups is 1. The van der Waals surface area contributed by atoms with E-state index in [1.54, 1.807) is 18.0 Å². The molecular formula is C23H21BrN2O2S. The van der Waals surface area contributed by atoms with E-state index < -0.39 is 0 Å². The van der Waals surface area contributed by atoms with Gasteiger partial charge < -0.3 is 4.74 Å². The maximum Gasteiger partial charge on any atom is 0.250 e. The number of para-hydroxylation sites is 1. The van der Waals surface area contributed by atoms with Crippen LogP contribution in [0.3, 0.4) is 0 Å². The van der Waals surface area contributed by atoms with Gasteiger partial charge in [-0.15, -0.1) is 11.8 Å². The number of nitrogens with one attached hydrogen (secondary N) is 1. The summed E-state index contributed by atoms with van der Waals surface area (Å²) in [6.07, 6.45) is 1.61. The van der Waals surface area contributed by atoms with Crippen molar-refractivity contribution in [1.82, 2.24) is 5.43 Å². The highest BCUT2D eigenvalue weighted by Crippen LogP contribution is 2.21. The van der Waals surface area contributed by atoms with Crippen LogP contribution in [0.15, 0.2) is 88.4 Å². The van der Waals surface area contributed by atoms with Gasteiger partial charge in [-0.25, -0.2) is 5.43 Å². The van der Waals surface area contributed by atoms with E-state index in [0.29, 0.717) is 12.4 Å². The van der Waals surface area contributed by atoms with Crippen LogP contribution in [-0.2, 0) is 17.2 Å². The molecule has 0 aliphatic rings. The number of ether oxygens (including phenoxy) is 1. The lowest BCUT2D eigenvalue weighted by Gasteiger charge is -2.09. The van der Waals surface area contributed by atoms with E-state index in [0.717, 1.165) is 27.1 Å². The van der Waals surface area contributed by atoms with Gasteiger partial charge in [-0.05, 0) is 29.3 Å². The zero-order chi connectivity index (χ0) is 20.3. The lowest BCUT2D eigenvalue weighted by molar-refractivity contribution is -0.118. The number of carbonyl (C=O) groups is 1. The number of nitrogens with zero attached hydrogens (tertiary/aromatic N) is 1. The summed E-state index contributed by atoms with van der Waals surface area (Å²) in [5.74, 6) is 1.68. The fraction of sp³-hybridized carbons (Fsp3) is 0.130. The van der Waals surface area contributed by atoms with Crippen LogP contribution in [0, 0.1) is 0 Å². The minimum absolute atomic E-state index is 0.138. The molecule has 1 amide bonds. The second-order valence-electron chi connectivity index (χ2n) is 6.19. The molecule has 0 spiro atoms. The first-order valence-electron chi connectivity index (χ1n) is 9.11. The number of rotatable bonds is 9. The van der Waals surface area contributed by atoms with Crippen molar-refractivity contribution in [2.45, 2.75) is 12.4 Å². The highest BCUT2D eigenvalue weighted by Gasteiger charge is 2.04. The summed E-state index contributed by atoms with van der Waals surface area (Å²) in [6.45, 7) is 0.476. The molecular weight excluding hydrogens is 448 g/mol. The van der Waals surface area contributed by atoms with Crippen molar-refractivity contribution in [3.8, 4) is 5.75 Å². The lowest BCUT2D eigenvalue weighted by Crippen LogP contribution is -2.19. The molecule has 0 radical (unpaired) electrons. The van der Waals surface area contributed by atoms with E-state index >= 15 is 0 Å². The Hall–Kier alpha value is -2.57. The van der Waals surface area contributed by atoms with Crippen LogP contribution in [0.4, 0.5) is 0 Å². The van der Waals surface area contributed by atoms with E-state index in [-0.39, 0.29) is 5.91 Å². The Kier molecular flexibility index (Phi) is 8.34. The molecule has 0 unspecified atom stereocenters. The van der Waals surface area contributed by atoms with Crippen molar-refractivity contribution < 1.29 is 9.53 Å². The van der Waals surface area contributed by atoms with Gasteiger partial charge in [-0.1, -0.05) is 76.6 Å². The third-order valence-corrected chi connectivity index (χ3v) is 5.75. The minimum Gasteiger partial charge on any atom is -0.488 e. The lowest BCUT2D eigenvalue weighted by atomic mass is 10.2. The fourth-order valence-electron chi connectivity index (χ4n) is 2.53. The molecule has 0 fully saturated rings. The molecule has 4 nitrogen and oxygen atoms in total. The molecule has 0 atom stereocenters. The molecule has 0 bridgehead atoms. The highest BCUT2D eigenvalue weighted by molar-refractivity contribution is 9.10. The topological polar surface area (TPSA) is 50.7 Å². The Bertz CT molecular complexity index is 964. The minimum atomic E-state index is -0.138. The molecule has 0 saturated carbocycles. The van der Waals surface area contributed by atoms with E-state index in [2.05, 4.69) is 26.5 Å². The first-order chi connectivity index (χ1) is 14.2. The summed E-state index contributed by atoms with van der Waals surface area (Å²) >= 11 is 5.06. The van der Waals surface area contributed by atoms with Crippen LogP contribution in [0.5, 0.6) is 5.75 Å². The number of hydrogen-bond donors (Lipinski definition) is 1. The van der Waals surface area contributed by atoms with Crippen molar-refractivity contribution in [2.24, 2.45) is 5.10 Å². The normalized spacial score (nSPS) is 10.8. The number of amides is 1. The van der Waals surface area contributed by atoms with Crippen LogP contribution in [0.25, 0.3) is 0 Å². The van der Waals surface area contributed by atoms with Gasteiger partial charge in [0.15, 0.2) is 0 Å². The Labute approximate surface area is 183 Å². The smallest absolute Gasteiger partial charge is 0.250 e. The number of hydrazone groups is 1. The molecule has 0 aliphatic heterocycles. The summed E-state index contributed by atoms with van der Waals surface area (Å²) in [4.78, 5) is 12.0. The van der Waals surface area contributed by atoms with E-state index in [9.17, 15) is 4.79 Å². The van der Waals surface area contributed by atoms with Gasteiger partial charge in [0.1, 0.15) is 12.4 Å². The van der Waals surface area contributed by atoms with Crippen LogP contribution in [0.1, 0.15) is 16.7 Å². The molecule has 148 valence electrons. The molecule has 3 rings (SSSR count). The van der Waals surface area contributed by atoms with Gasteiger partial charge in [0.25, 0.3) is 0 Å². The number of hydrogen-bond acceptors (Lipinski definition) is 4. The summed E-state index contributed by atoms with van der Waals surface area (Å²) in [5, 5.41) is 4.07. The number of carbonyl (C=O) groups excluding carboxylic acids is 1. The maximum atomic E-state index is 12.0. The average Bonchev–Trinajstić information content (AvgIpc) is 2.75. The van der Waals surface area contributed by atoms with Crippen LogP contribution >= 0.6 is 27.7 Å². The monoisotopic (exact) mass is 468 g/mol. The summed E-state index contributed by atoms with van der Waals surface area (Å²) < 4.78 is 6.95. The van der Waals surface area contributed by atoms with Crippen LogP contribution in [-0.4, -0.2) is 17.9 Å². The molecule has 3 aromatic rings. The van der Waals surface area contributed by atoms with E-state index in [1.807, 2.05) is 78.9 Å². The second kappa shape index (κ2) is 11.4. The zero-order valence-corrected chi connectivity index (χ0v) is 18.2. The molecule has 0 saturated heterocycles. The quantitative estimate of drug-likeness (QED) is 0.337. The van der Waals surface area contributed by atoms with Crippen LogP contribution in [0.2, 0.25) is 0 Å². The first kappa shape index (κ1) is 21.1. The molecule has 29 heavy (non-hydrogen) atoms. The molecule has 0 heterocycles. The van der Waals surface area contributed by atoms with Crippen molar-refractivity contribution in [2.75, 3.05) is 5.75 Å². The standard InChI is InChI=1S/C23H21BrN2O2S/c24-21-12-6-4-11-20(21)16-29-17-23(27)26-25-14-19-10-5-7-13-22(19)28-15-18-8-2-1-3-9-18/h1-14H,15-17H2,(H,26,27). The van der Waals surface area contributed by atoms with Crippen molar-refractivity contribution in [1.29, 1.82) is 0 Å². The summed E-state index contributed by atoms with van der Waals surface area (Å²) in [5.41, 5.74) is 5.64. The van der Waals surface area contributed by atoms with Crippen molar-refractivity contribution in [3.05, 3.63) is 100 Å². The van der Waals surface area contributed by atoms with Gasteiger partial charge in [0.2, 0.25) is 5.91 Å². The Morgan fingerprint density at radius 3 is 2.55 bits per heavy atom. The maximum absolute atomic E-state index is 12.0. The van der Waals surface area contributed by atoms with Gasteiger partial charge in [-0.2, -0.15) is 5.10 Å². The highest BCUT2D eigenvalue weighted by atomic mass is 79.9. The number of benzene rings is 3. The second-order valence-corrected chi connectivity index (χ2v) is 8.03. The molecule has 1 N–H and O–H groups in total. The van der Waals surface area contributed by atoms with Crippen molar-refractivity contribution in [3.63, 3.8) is 0 Å². The van der Waals surface area contributed by atoms with Gasteiger partial charge in [0.05, 0.1) is 12.0 Å². The van der Waals surface area contributed by atoms with Crippen LogP contribution < -0.4 is 10.2 Å². The Morgan fingerprint density at radius 2 is 1.72 bits per heavy atom. The predicted molar refractivity (Wildman–Crippen MR) is 123 cm³/mol. The third-order valence-electron chi connectivity index (χ3n) is 4.00. The Morgan fingerprint density at radius 1 is 1.00 bits per heavy atom. The van der Waals surface area contributed by atoms with Crippen molar-refractivity contribution >= 4 is 39.8 Å². The third kappa shape index (κ3) is 7.07. The summed E-state index contributed by atoms with van der Waals surface area (Å²) in [6, 6.07) is 25.6. The largest absolute Gasteiger partial charge is 0.488 e. The molecule has 6 heteroatoms. The van der Waals surface area contributed by atoms with E-state index in [4.69, 9.17) is 4.74 Å². The Balaban J connectivity index is 1.47. The van der Waals surface area contributed by atoms with Gasteiger partial charge in [0, 0.05) is 15.8 Å². The summed E-state index contributed by atoms with van der Waals surface area (Å²) in [7, 11) is 0. The first-order valence-corrected chi connectivity index (χ1v) is 11.1. The molecule has 0 aliphatic carbocycles.